The monoisotopic (exact) mass is 257 g/mol. The lowest BCUT2D eigenvalue weighted by atomic mass is 10.2. The van der Waals surface area contributed by atoms with Crippen LogP contribution in [0.2, 0.25) is 0 Å². The molecule has 0 saturated heterocycles. The molecule has 0 aromatic heterocycles. The summed E-state index contributed by atoms with van der Waals surface area (Å²) in [7, 11) is 0. The molecule has 1 heterocycles. The van der Waals surface area contributed by atoms with Crippen molar-refractivity contribution in [1.29, 1.82) is 0 Å². The quantitative estimate of drug-likeness (QED) is 0.856. The van der Waals surface area contributed by atoms with Gasteiger partial charge in [-0.05, 0) is 35.4 Å². The van der Waals surface area contributed by atoms with Crippen molar-refractivity contribution < 1.29 is 14.2 Å². The summed E-state index contributed by atoms with van der Waals surface area (Å²) in [5.74, 6) is 1.58. The van der Waals surface area contributed by atoms with Crippen molar-refractivity contribution in [3.05, 3.63) is 53.6 Å². The third kappa shape index (κ3) is 2.80. The van der Waals surface area contributed by atoms with Crippen LogP contribution in [-0.4, -0.2) is 6.79 Å². The first-order valence-electron chi connectivity index (χ1n) is 6.12. The molecule has 0 atom stereocenters. The van der Waals surface area contributed by atoms with Gasteiger partial charge in [-0.2, -0.15) is 0 Å². The molecule has 98 valence electrons. The van der Waals surface area contributed by atoms with E-state index in [1.165, 1.54) is 0 Å². The smallest absolute Gasteiger partial charge is 0.231 e. The first-order chi connectivity index (χ1) is 9.31. The Morgan fingerprint density at radius 2 is 1.58 bits per heavy atom. The molecule has 3 rings (SSSR count). The van der Waals surface area contributed by atoms with Crippen molar-refractivity contribution in [1.82, 2.24) is 0 Å². The Balaban J connectivity index is 1.56. The molecule has 0 radical (unpaired) electrons. The number of hydrogen-bond acceptors (Lipinski definition) is 4. The predicted octanol–water partition coefficient (Wildman–Crippen LogP) is 2.71. The van der Waals surface area contributed by atoms with E-state index in [1.807, 2.05) is 42.5 Å². The highest BCUT2D eigenvalue weighted by Gasteiger charge is 2.12. The Morgan fingerprint density at radius 3 is 2.42 bits per heavy atom. The molecule has 0 unspecified atom stereocenters. The maximum absolute atomic E-state index is 5.67. The fourth-order valence-electron chi connectivity index (χ4n) is 1.93. The summed E-state index contributed by atoms with van der Waals surface area (Å²) in [6, 6.07) is 13.5. The zero-order valence-electron chi connectivity index (χ0n) is 10.5. The van der Waals surface area contributed by atoms with Gasteiger partial charge in [-0.15, -0.1) is 0 Å². The lowest BCUT2D eigenvalue weighted by molar-refractivity contribution is 0.107. The van der Waals surface area contributed by atoms with Crippen LogP contribution in [0.4, 0.5) is 5.69 Å². The second kappa shape index (κ2) is 5.20. The molecule has 0 bridgehead atoms. The van der Waals surface area contributed by atoms with Crippen LogP contribution >= 0.6 is 0 Å². The first kappa shape index (κ1) is 11.9. The Labute approximate surface area is 111 Å². The molecule has 2 aromatic carbocycles. The minimum Gasteiger partial charge on any atom is -0.454 e. The van der Waals surface area contributed by atoms with Crippen molar-refractivity contribution in [2.75, 3.05) is 12.5 Å². The minimum absolute atomic E-state index is 0.297. The van der Waals surface area contributed by atoms with Crippen LogP contribution in [0.15, 0.2) is 42.5 Å². The summed E-state index contributed by atoms with van der Waals surface area (Å²) in [6.07, 6.45) is 0. The Kier molecular flexibility index (Phi) is 3.25. The fraction of sp³-hybridized carbons (Fsp3) is 0.200. The Morgan fingerprint density at radius 1 is 0.895 bits per heavy atom. The van der Waals surface area contributed by atoms with Gasteiger partial charge in [0.05, 0.1) is 13.2 Å². The van der Waals surface area contributed by atoms with Gasteiger partial charge in [0.2, 0.25) is 6.79 Å². The Bertz CT molecular complexity index is 566. The van der Waals surface area contributed by atoms with Crippen LogP contribution in [0.1, 0.15) is 11.1 Å². The number of nitrogen functional groups attached to an aromatic ring is 1. The van der Waals surface area contributed by atoms with Gasteiger partial charge >= 0.3 is 0 Å². The van der Waals surface area contributed by atoms with Crippen LogP contribution in [0.25, 0.3) is 0 Å². The van der Waals surface area contributed by atoms with E-state index < -0.39 is 0 Å². The van der Waals surface area contributed by atoms with Crippen LogP contribution in [-0.2, 0) is 18.0 Å². The van der Waals surface area contributed by atoms with Gasteiger partial charge in [0.1, 0.15) is 0 Å². The van der Waals surface area contributed by atoms with E-state index in [-0.39, 0.29) is 0 Å². The van der Waals surface area contributed by atoms with Gasteiger partial charge < -0.3 is 19.9 Å². The maximum Gasteiger partial charge on any atom is 0.231 e. The molecule has 0 fully saturated rings. The number of anilines is 1. The van der Waals surface area contributed by atoms with Gasteiger partial charge in [0.15, 0.2) is 11.5 Å². The minimum atomic E-state index is 0.297. The molecular formula is C15H15NO3. The summed E-state index contributed by atoms with van der Waals surface area (Å²) >= 11 is 0. The number of rotatable bonds is 4. The van der Waals surface area contributed by atoms with Crippen molar-refractivity contribution >= 4 is 5.69 Å². The number of nitrogens with two attached hydrogens (primary N) is 1. The van der Waals surface area contributed by atoms with Crippen molar-refractivity contribution in [2.45, 2.75) is 13.2 Å². The summed E-state index contributed by atoms with van der Waals surface area (Å²) in [6.45, 7) is 1.40. The van der Waals surface area contributed by atoms with Crippen LogP contribution in [0.3, 0.4) is 0 Å². The Hall–Kier alpha value is -2.20. The zero-order valence-corrected chi connectivity index (χ0v) is 10.5. The highest BCUT2D eigenvalue weighted by molar-refractivity contribution is 5.44. The summed E-state index contributed by atoms with van der Waals surface area (Å²) in [4.78, 5) is 0. The second-order valence-corrected chi connectivity index (χ2v) is 4.42. The molecule has 1 aliphatic heterocycles. The molecule has 0 aliphatic carbocycles. The van der Waals surface area contributed by atoms with Gasteiger partial charge in [-0.1, -0.05) is 18.2 Å². The van der Waals surface area contributed by atoms with E-state index in [0.29, 0.717) is 20.0 Å². The third-order valence-corrected chi connectivity index (χ3v) is 2.95. The largest absolute Gasteiger partial charge is 0.454 e. The molecule has 19 heavy (non-hydrogen) atoms. The lowest BCUT2D eigenvalue weighted by Crippen LogP contribution is -1.95. The average Bonchev–Trinajstić information content (AvgIpc) is 2.88. The van der Waals surface area contributed by atoms with Crippen molar-refractivity contribution in [3.8, 4) is 11.5 Å². The number of hydrogen-bond donors (Lipinski definition) is 1. The van der Waals surface area contributed by atoms with E-state index >= 15 is 0 Å². The molecule has 2 aromatic rings. The van der Waals surface area contributed by atoms with Crippen molar-refractivity contribution in [3.63, 3.8) is 0 Å². The SMILES string of the molecule is Nc1ccc(COCc2ccc3c(c2)OCO3)cc1. The number of fused-ring (bicyclic) bond motifs is 1. The lowest BCUT2D eigenvalue weighted by Gasteiger charge is -2.06. The highest BCUT2D eigenvalue weighted by Crippen LogP contribution is 2.32. The van der Waals surface area contributed by atoms with Gasteiger partial charge in [0.25, 0.3) is 0 Å². The number of benzene rings is 2. The van der Waals surface area contributed by atoms with Crippen LogP contribution in [0.5, 0.6) is 11.5 Å². The zero-order chi connectivity index (χ0) is 13.1. The fourth-order valence-corrected chi connectivity index (χ4v) is 1.93. The normalized spacial score (nSPS) is 12.6. The molecule has 0 amide bonds. The third-order valence-electron chi connectivity index (χ3n) is 2.95. The predicted molar refractivity (Wildman–Crippen MR) is 71.9 cm³/mol. The van der Waals surface area contributed by atoms with Gasteiger partial charge in [-0.25, -0.2) is 0 Å². The van der Waals surface area contributed by atoms with E-state index in [0.717, 1.165) is 28.3 Å². The molecule has 4 nitrogen and oxygen atoms in total. The summed E-state index contributed by atoms with van der Waals surface area (Å²) in [5, 5.41) is 0. The van der Waals surface area contributed by atoms with Crippen LogP contribution in [0, 0.1) is 0 Å². The highest BCUT2D eigenvalue weighted by atomic mass is 16.7. The van der Waals surface area contributed by atoms with E-state index in [2.05, 4.69) is 0 Å². The maximum atomic E-state index is 5.67. The summed E-state index contributed by atoms with van der Waals surface area (Å²) < 4.78 is 16.3. The van der Waals surface area contributed by atoms with Gasteiger partial charge in [0, 0.05) is 5.69 Å². The molecule has 0 spiro atoms. The molecular weight excluding hydrogens is 242 g/mol. The molecule has 1 aliphatic rings. The van der Waals surface area contributed by atoms with Crippen LogP contribution < -0.4 is 15.2 Å². The number of ether oxygens (including phenoxy) is 3. The molecule has 2 N–H and O–H groups in total. The average molecular weight is 257 g/mol. The molecule has 4 heteroatoms. The second-order valence-electron chi connectivity index (χ2n) is 4.42. The van der Waals surface area contributed by atoms with E-state index in [4.69, 9.17) is 19.9 Å². The molecule has 0 saturated carbocycles. The van der Waals surface area contributed by atoms with E-state index in [9.17, 15) is 0 Å². The first-order valence-corrected chi connectivity index (χ1v) is 6.12. The van der Waals surface area contributed by atoms with Gasteiger partial charge in [-0.3, -0.25) is 0 Å². The van der Waals surface area contributed by atoms with Crippen molar-refractivity contribution in [2.24, 2.45) is 0 Å². The van der Waals surface area contributed by atoms with E-state index in [1.54, 1.807) is 0 Å². The summed E-state index contributed by atoms with van der Waals surface area (Å²) in [5.41, 5.74) is 8.57. The standard InChI is InChI=1S/C15H15NO3/c16-13-4-1-11(2-5-13)8-17-9-12-3-6-14-15(7-12)19-10-18-14/h1-7H,8-10,16H2. The topological polar surface area (TPSA) is 53.7 Å².